The average Bonchev–Trinajstić information content (AvgIpc) is 3.04. The van der Waals surface area contributed by atoms with Gasteiger partial charge in [0.25, 0.3) is 0 Å². The lowest BCUT2D eigenvalue weighted by molar-refractivity contribution is 0.101. The highest BCUT2D eigenvalue weighted by molar-refractivity contribution is 6.08. The number of carbonyl (C=O) groups is 1. The third-order valence-corrected chi connectivity index (χ3v) is 6.51. The lowest BCUT2D eigenvalue weighted by atomic mass is 10.1. The van der Waals surface area contributed by atoms with Gasteiger partial charge in [0, 0.05) is 43.3 Å². The molecule has 5 nitrogen and oxygen atoms in total. The number of hydrogen-bond donors (Lipinski definition) is 0. The molecule has 1 saturated heterocycles. The number of ketones is 1. The van der Waals surface area contributed by atoms with E-state index >= 15 is 0 Å². The molecule has 0 N–H and O–H groups in total. The van der Waals surface area contributed by atoms with Crippen molar-refractivity contribution >= 4 is 16.7 Å². The Morgan fingerprint density at radius 2 is 1.69 bits per heavy atom. The number of fused-ring (bicyclic) bond motifs is 1. The predicted molar refractivity (Wildman–Crippen MR) is 129 cm³/mol. The maximum absolute atomic E-state index is 12.1. The summed E-state index contributed by atoms with van der Waals surface area (Å²) in [6.07, 6.45) is 5.25. The van der Waals surface area contributed by atoms with Crippen LogP contribution in [-0.4, -0.2) is 59.4 Å². The maximum atomic E-state index is 12.1. The molecule has 1 aromatic heterocycles. The quantitative estimate of drug-likeness (QED) is 0.501. The summed E-state index contributed by atoms with van der Waals surface area (Å²) in [7, 11) is 0. The second kappa shape index (κ2) is 10.6. The van der Waals surface area contributed by atoms with Gasteiger partial charge in [-0.2, -0.15) is 5.26 Å². The van der Waals surface area contributed by atoms with E-state index in [4.69, 9.17) is 0 Å². The molecule has 0 radical (unpaired) electrons. The number of para-hydroxylation sites is 1. The van der Waals surface area contributed by atoms with Crippen LogP contribution in [0.25, 0.3) is 10.9 Å². The van der Waals surface area contributed by atoms with Gasteiger partial charge in [-0.05, 0) is 57.5 Å². The summed E-state index contributed by atoms with van der Waals surface area (Å²) in [5.74, 6) is 0.0481. The van der Waals surface area contributed by atoms with E-state index in [2.05, 4.69) is 50.8 Å². The molecular formula is C27H32N4O. The van der Waals surface area contributed by atoms with Crippen molar-refractivity contribution in [3.63, 3.8) is 0 Å². The largest absolute Gasteiger partial charge is 0.346 e. The minimum Gasteiger partial charge on any atom is -0.346 e. The van der Waals surface area contributed by atoms with E-state index in [0.717, 1.165) is 63.0 Å². The summed E-state index contributed by atoms with van der Waals surface area (Å²) in [5.41, 5.74) is 3.65. The van der Waals surface area contributed by atoms with Gasteiger partial charge >= 0.3 is 0 Å². The summed E-state index contributed by atoms with van der Waals surface area (Å²) >= 11 is 0. The van der Waals surface area contributed by atoms with E-state index in [9.17, 15) is 10.1 Å². The Balaban J connectivity index is 1.32. The molecule has 0 unspecified atom stereocenters. The lowest BCUT2D eigenvalue weighted by Crippen LogP contribution is -2.32. The fourth-order valence-corrected chi connectivity index (χ4v) is 4.78. The Labute approximate surface area is 190 Å². The van der Waals surface area contributed by atoms with Crippen molar-refractivity contribution < 1.29 is 4.79 Å². The zero-order valence-electron chi connectivity index (χ0n) is 19.0. The van der Waals surface area contributed by atoms with E-state index in [-0.39, 0.29) is 5.78 Å². The van der Waals surface area contributed by atoms with Gasteiger partial charge in [0.1, 0.15) is 6.07 Å². The number of Topliss-reactive ketones (excluding diaryl/α,β-unsaturated/α-hetero) is 1. The summed E-state index contributed by atoms with van der Waals surface area (Å²) in [4.78, 5) is 17.2. The molecule has 5 heteroatoms. The summed E-state index contributed by atoms with van der Waals surface area (Å²) in [6, 6.07) is 18.7. The van der Waals surface area contributed by atoms with Gasteiger partial charge in [0.05, 0.1) is 11.1 Å². The van der Waals surface area contributed by atoms with Crippen LogP contribution in [0.5, 0.6) is 0 Å². The van der Waals surface area contributed by atoms with E-state index < -0.39 is 0 Å². The first kappa shape index (κ1) is 22.3. The van der Waals surface area contributed by atoms with Crippen LogP contribution in [0.4, 0.5) is 0 Å². The molecule has 0 spiro atoms. The monoisotopic (exact) mass is 428 g/mol. The van der Waals surface area contributed by atoms with Crippen molar-refractivity contribution in [2.75, 3.05) is 39.3 Å². The molecule has 1 aliphatic heterocycles. The van der Waals surface area contributed by atoms with E-state index in [1.807, 2.05) is 24.4 Å². The lowest BCUT2D eigenvalue weighted by Gasteiger charge is -2.22. The van der Waals surface area contributed by atoms with Crippen LogP contribution in [0.3, 0.4) is 0 Å². The Hall–Kier alpha value is -2.94. The van der Waals surface area contributed by atoms with E-state index in [0.29, 0.717) is 11.1 Å². The van der Waals surface area contributed by atoms with Gasteiger partial charge in [-0.1, -0.05) is 42.5 Å². The number of carbonyl (C=O) groups excluding carboxylic acids is 1. The Kier molecular flexibility index (Phi) is 7.36. The molecule has 4 rings (SSSR count). The zero-order chi connectivity index (χ0) is 22.3. The second-order valence-electron chi connectivity index (χ2n) is 8.73. The Bertz CT molecular complexity index is 1100. The van der Waals surface area contributed by atoms with Crippen molar-refractivity contribution in [3.05, 3.63) is 71.4 Å². The van der Waals surface area contributed by atoms with Crippen LogP contribution >= 0.6 is 0 Å². The minimum absolute atomic E-state index is 0.0481. The zero-order valence-corrected chi connectivity index (χ0v) is 19.0. The molecule has 0 bridgehead atoms. The van der Waals surface area contributed by atoms with Gasteiger partial charge in [-0.25, -0.2) is 0 Å². The van der Waals surface area contributed by atoms with Crippen molar-refractivity contribution in [2.24, 2.45) is 0 Å². The van der Waals surface area contributed by atoms with Crippen LogP contribution in [0.15, 0.2) is 54.7 Å². The molecule has 3 aromatic rings. The molecule has 0 saturated carbocycles. The first-order valence-electron chi connectivity index (χ1n) is 11.7. The standard InChI is InChI=1S/C27H32N4O/c1-22(32)26-21-31(27-24(20-28)10-5-11-25(26)27)16-7-15-29-13-6-14-30(19-18-29)17-12-23-8-3-2-4-9-23/h2-5,8-11,21H,6-7,12-19H2,1H3. The van der Waals surface area contributed by atoms with E-state index in [1.165, 1.54) is 18.5 Å². The number of hydrogen-bond acceptors (Lipinski definition) is 4. The topological polar surface area (TPSA) is 52.3 Å². The van der Waals surface area contributed by atoms with E-state index in [1.54, 1.807) is 6.92 Å². The number of rotatable bonds is 8. The highest BCUT2D eigenvalue weighted by atomic mass is 16.1. The van der Waals surface area contributed by atoms with Crippen LogP contribution in [0.2, 0.25) is 0 Å². The average molecular weight is 429 g/mol. The third kappa shape index (κ3) is 5.27. The predicted octanol–water partition coefficient (Wildman–Crippen LogP) is 4.36. The molecule has 0 aliphatic carbocycles. The molecule has 166 valence electrons. The highest BCUT2D eigenvalue weighted by Crippen LogP contribution is 2.25. The van der Waals surface area contributed by atoms with Gasteiger partial charge in [0.15, 0.2) is 5.78 Å². The highest BCUT2D eigenvalue weighted by Gasteiger charge is 2.17. The fraction of sp³-hybridized carbons (Fsp3) is 0.407. The number of aromatic nitrogens is 1. The maximum Gasteiger partial charge on any atom is 0.161 e. The SMILES string of the molecule is CC(=O)c1cn(CCCN2CCCN(CCc3ccccc3)CC2)c2c(C#N)cccc12. The molecule has 32 heavy (non-hydrogen) atoms. The Morgan fingerprint density at radius 3 is 2.41 bits per heavy atom. The summed E-state index contributed by atoms with van der Waals surface area (Å²) in [6.45, 7) is 9.09. The van der Waals surface area contributed by atoms with Crippen LogP contribution in [0.1, 0.15) is 41.3 Å². The van der Waals surface area contributed by atoms with Gasteiger partial charge in [0.2, 0.25) is 0 Å². The minimum atomic E-state index is 0.0481. The Morgan fingerprint density at radius 1 is 0.938 bits per heavy atom. The number of nitrogens with zero attached hydrogens (tertiary/aromatic N) is 4. The van der Waals surface area contributed by atoms with Gasteiger partial charge < -0.3 is 14.4 Å². The molecule has 1 fully saturated rings. The molecule has 1 aliphatic rings. The fourth-order valence-electron chi connectivity index (χ4n) is 4.78. The van der Waals surface area contributed by atoms with Crippen LogP contribution in [0, 0.1) is 11.3 Å². The van der Waals surface area contributed by atoms with Gasteiger partial charge in [-0.15, -0.1) is 0 Å². The third-order valence-electron chi connectivity index (χ3n) is 6.51. The summed E-state index contributed by atoms with van der Waals surface area (Å²) < 4.78 is 2.11. The van der Waals surface area contributed by atoms with Crippen LogP contribution in [-0.2, 0) is 13.0 Å². The van der Waals surface area contributed by atoms with Crippen molar-refractivity contribution in [1.82, 2.24) is 14.4 Å². The van der Waals surface area contributed by atoms with Gasteiger partial charge in [-0.3, -0.25) is 4.79 Å². The van der Waals surface area contributed by atoms with Crippen molar-refractivity contribution in [1.29, 1.82) is 5.26 Å². The smallest absolute Gasteiger partial charge is 0.161 e. The molecule has 0 amide bonds. The molecule has 2 heterocycles. The normalized spacial score (nSPS) is 15.5. The number of nitriles is 1. The van der Waals surface area contributed by atoms with Crippen molar-refractivity contribution in [3.8, 4) is 6.07 Å². The second-order valence-corrected chi connectivity index (χ2v) is 8.73. The number of benzene rings is 2. The molecule has 2 aromatic carbocycles. The molecular weight excluding hydrogens is 396 g/mol. The first-order valence-corrected chi connectivity index (χ1v) is 11.7. The number of aryl methyl sites for hydroxylation is 1. The molecule has 0 atom stereocenters. The van der Waals surface area contributed by atoms with Crippen LogP contribution < -0.4 is 0 Å². The van der Waals surface area contributed by atoms with Crippen molar-refractivity contribution in [2.45, 2.75) is 32.7 Å². The first-order chi connectivity index (χ1) is 15.7. The summed E-state index contributed by atoms with van der Waals surface area (Å²) in [5, 5.41) is 10.4.